The molecule has 0 aliphatic rings. The topological polar surface area (TPSA) is 34.6 Å². The van der Waals surface area contributed by atoms with E-state index in [9.17, 15) is 4.79 Å². The lowest BCUT2D eigenvalue weighted by atomic mass is 10.0. The molecule has 0 radical (unpaired) electrons. The summed E-state index contributed by atoms with van der Waals surface area (Å²) in [5, 5.41) is 1.59. The first-order chi connectivity index (χ1) is 10.7. The molecule has 108 valence electrons. The van der Waals surface area contributed by atoms with E-state index in [4.69, 9.17) is 16.0 Å². The van der Waals surface area contributed by atoms with Gasteiger partial charge in [-0.1, -0.05) is 41.9 Å². The van der Waals surface area contributed by atoms with Crippen LogP contribution in [0.4, 0.5) is 0 Å². The SMILES string of the molecule is Cc1coc(=O)c2c(-c3ccccc3)c3cc(Cl)ccc3n12. The van der Waals surface area contributed by atoms with E-state index in [1.54, 1.807) is 0 Å². The summed E-state index contributed by atoms with van der Waals surface area (Å²) < 4.78 is 7.11. The standard InChI is InChI=1S/C18H12ClNO2/c1-11-10-22-18(21)17-16(12-5-3-2-4-6-12)14-9-13(19)7-8-15(14)20(11)17/h2-10H,1H3. The summed E-state index contributed by atoms with van der Waals surface area (Å²) in [7, 11) is 0. The summed E-state index contributed by atoms with van der Waals surface area (Å²) >= 11 is 6.17. The van der Waals surface area contributed by atoms with Gasteiger partial charge < -0.3 is 8.82 Å². The maximum atomic E-state index is 12.4. The fraction of sp³-hybridized carbons (Fsp3) is 0.0556. The first-order valence-corrected chi connectivity index (χ1v) is 7.32. The number of hydrogen-bond donors (Lipinski definition) is 0. The number of hydrogen-bond acceptors (Lipinski definition) is 2. The zero-order valence-corrected chi connectivity index (χ0v) is 12.6. The molecule has 2 aromatic carbocycles. The highest BCUT2D eigenvalue weighted by Crippen LogP contribution is 2.35. The molecule has 4 rings (SSSR count). The molecule has 2 aromatic heterocycles. The van der Waals surface area contributed by atoms with Crippen LogP contribution >= 0.6 is 11.6 Å². The first-order valence-electron chi connectivity index (χ1n) is 6.94. The Kier molecular flexibility index (Phi) is 2.84. The lowest BCUT2D eigenvalue weighted by Crippen LogP contribution is -2.05. The van der Waals surface area contributed by atoms with Crippen LogP contribution in [0.15, 0.2) is 64.0 Å². The molecule has 0 aliphatic heterocycles. The normalized spacial score (nSPS) is 11.4. The number of fused-ring (bicyclic) bond motifs is 3. The molecule has 0 N–H and O–H groups in total. The summed E-state index contributed by atoms with van der Waals surface area (Å²) in [5.41, 5.74) is 3.83. The average molecular weight is 310 g/mol. The molecule has 4 aromatic rings. The number of rotatable bonds is 1. The Labute approximate surface area is 131 Å². The quantitative estimate of drug-likeness (QED) is 0.512. The van der Waals surface area contributed by atoms with E-state index in [-0.39, 0.29) is 5.63 Å². The van der Waals surface area contributed by atoms with E-state index >= 15 is 0 Å². The van der Waals surface area contributed by atoms with Gasteiger partial charge in [0.25, 0.3) is 0 Å². The van der Waals surface area contributed by atoms with E-state index in [2.05, 4.69) is 0 Å². The minimum Gasteiger partial charge on any atom is -0.428 e. The fourth-order valence-electron chi connectivity index (χ4n) is 2.97. The van der Waals surface area contributed by atoms with Gasteiger partial charge in [-0.3, -0.25) is 0 Å². The number of benzene rings is 2. The van der Waals surface area contributed by atoms with E-state index in [1.165, 1.54) is 6.26 Å². The van der Waals surface area contributed by atoms with Gasteiger partial charge >= 0.3 is 5.63 Å². The van der Waals surface area contributed by atoms with Crippen LogP contribution in [0.25, 0.3) is 27.5 Å². The van der Waals surface area contributed by atoms with Crippen molar-refractivity contribution in [3.63, 3.8) is 0 Å². The molecular weight excluding hydrogens is 298 g/mol. The molecule has 0 saturated carbocycles. The van der Waals surface area contributed by atoms with Crippen LogP contribution in [0.2, 0.25) is 5.02 Å². The number of aromatic nitrogens is 1. The largest absolute Gasteiger partial charge is 0.428 e. The van der Waals surface area contributed by atoms with Gasteiger partial charge in [-0.25, -0.2) is 4.79 Å². The van der Waals surface area contributed by atoms with Gasteiger partial charge in [-0.05, 0) is 30.7 Å². The van der Waals surface area contributed by atoms with Crippen molar-refractivity contribution in [2.24, 2.45) is 0 Å². The van der Waals surface area contributed by atoms with E-state index in [1.807, 2.05) is 59.9 Å². The summed E-state index contributed by atoms with van der Waals surface area (Å²) in [6.07, 6.45) is 1.48. The van der Waals surface area contributed by atoms with E-state index in [0.29, 0.717) is 10.5 Å². The molecule has 4 heteroatoms. The van der Waals surface area contributed by atoms with Crippen molar-refractivity contribution in [1.29, 1.82) is 0 Å². The van der Waals surface area contributed by atoms with Crippen molar-refractivity contribution < 1.29 is 4.42 Å². The lowest BCUT2D eigenvalue weighted by Gasteiger charge is -2.01. The molecule has 0 bridgehead atoms. The minimum absolute atomic E-state index is 0.350. The van der Waals surface area contributed by atoms with Gasteiger partial charge in [0, 0.05) is 16.0 Å². The Hall–Kier alpha value is -2.52. The highest BCUT2D eigenvalue weighted by atomic mass is 35.5. The van der Waals surface area contributed by atoms with E-state index < -0.39 is 0 Å². The molecule has 0 saturated heterocycles. The van der Waals surface area contributed by atoms with Crippen LogP contribution in [-0.4, -0.2) is 4.40 Å². The second-order valence-electron chi connectivity index (χ2n) is 5.25. The van der Waals surface area contributed by atoms with Gasteiger partial charge in [0.05, 0.1) is 11.2 Å². The molecule has 3 nitrogen and oxygen atoms in total. The highest BCUT2D eigenvalue weighted by Gasteiger charge is 2.18. The van der Waals surface area contributed by atoms with Crippen LogP contribution in [0, 0.1) is 6.92 Å². The van der Waals surface area contributed by atoms with Crippen molar-refractivity contribution in [3.8, 4) is 11.1 Å². The molecule has 0 fully saturated rings. The predicted octanol–water partition coefficient (Wildman–Crippen LogP) is 4.67. The zero-order valence-electron chi connectivity index (χ0n) is 11.8. The van der Waals surface area contributed by atoms with Crippen LogP contribution < -0.4 is 5.63 Å². The number of halogens is 1. The molecule has 22 heavy (non-hydrogen) atoms. The number of aryl methyl sites for hydroxylation is 1. The van der Waals surface area contributed by atoms with Gasteiger partial charge in [-0.2, -0.15) is 0 Å². The average Bonchev–Trinajstić information content (AvgIpc) is 2.87. The molecular formula is C18H12ClNO2. The maximum absolute atomic E-state index is 12.4. The second-order valence-corrected chi connectivity index (χ2v) is 5.69. The Bertz CT molecular complexity index is 1060. The van der Waals surface area contributed by atoms with Crippen molar-refractivity contribution in [1.82, 2.24) is 4.40 Å². The molecule has 0 atom stereocenters. The molecule has 0 unspecified atom stereocenters. The number of nitrogens with zero attached hydrogens (tertiary/aromatic N) is 1. The van der Waals surface area contributed by atoms with Gasteiger partial charge in [0.15, 0.2) is 0 Å². The Morgan fingerprint density at radius 2 is 1.86 bits per heavy atom. The van der Waals surface area contributed by atoms with E-state index in [0.717, 1.165) is 27.7 Å². The summed E-state index contributed by atoms with van der Waals surface area (Å²) in [4.78, 5) is 12.4. The smallest absolute Gasteiger partial charge is 0.360 e. The monoisotopic (exact) mass is 309 g/mol. The van der Waals surface area contributed by atoms with Gasteiger partial charge in [0.1, 0.15) is 11.8 Å². The third-order valence-corrected chi connectivity index (χ3v) is 4.11. The Morgan fingerprint density at radius 1 is 1.09 bits per heavy atom. The first kappa shape index (κ1) is 13.2. The summed E-state index contributed by atoms with van der Waals surface area (Å²) in [6.45, 7) is 1.92. The third kappa shape index (κ3) is 1.79. The fourth-order valence-corrected chi connectivity index (χ4v) is 3.14. The van der Waals surface area contributed by atoms with Crippen LogP contribution in [0.3, 0.4) is 0 Å². The minimum atomic E-state index is -0.350. The zero-order chi connectivity index (χ0) is 15.3. The molecule has 0 amide bonds. The third-order valence-electron chi connectivity index (χ3n) is 3.87. The van der Waals surface area contributed by atoms with Crippen molar-refractivity contribution in [2.45, 2.75) is 6.92 Å². The Balaban J connectivity index is 2.33. The molecule has 0 spiro atoms. The molecule has 0 aliphatic carbocycles. The van der Waals surface area contributed by atoms with Crippen LogP contribution in [0.5, 0.6) is 0 Å². The second kappa shape index (κ2) is 4.75. The predicted molar refractivity (Wildman–Crippen MR) is 88.6 cm³/mol. The Morgan fingerprint density at radius 3 is 2.64 bits per heavy atom. The molecule has 2 heterocycles. The highest BCUT2D eigenvalue weighted by molar-refractivity contribution is 6.31. The summed E-state index contributed by atoms with van der Waals surface area (Å²) in [6, 6.07) is 15.5. The maximum Gasteiger partial charge on any atom is 0.360 e. The van der Waals surface area contributed by atoms with Crippen molar-refractivity contribution in [3.05, 3.63) is 75.9 Å². The van der Waals surface area contributed by atoms with Gasteiger partial charge in [0.2, 0.25) is 0 Å². The lowest BCUT2D eigenvalue weighted by molar-refractivity contribution is 0.504. The van der Waals surface area contributed by atoms with Crippen LogP contribution in [-0.2, 0) is 0 Å². The summed E-state index contributed by atoms with van der Waals surface area (Å²) in [5.74, 6) is 0. The van der Waals surface area contributed by atoms with Gasteiger partial charge in [-0.15, -0.1) is 0 Å². The van der Waals surface area contributed by atoms with Crippen LogP contribution in [0.1, 0.15) is 5.69 Å². The van der Waals surface area contributed by atoms with Crippen molar-refractivity contribution >= 4 is 28.0 Å². The van der Waals surface area contributed by atoms with Crippen molar-refractivity contribution in [2.75, 3.05) is 0 Å².